The molecule has 0 spiro atoms. The molecule has 0 aromatic rings. The molecule has 4 rings (SSSR count). The fourth-order valence-electron chi connectivity index (χ4n) is 9.11. The third-order valence-corrected chi connectivity index (χ3v) is 13.2. The molecule has 4 heteroatoms. The van der Waals surface area contributed by atoms with Gasteiger partial charge in [0, 0.05) is 6.92 Å². The van der Waals surface area contributed by atoms with Crippen LogP contribution in [0.1, 0.15) is 98.8 Å². The van der Waals surface area contributed by atoms with Gasteiger partial charge in [-0.2, -0.15) is 0 Å². The van der Waals surface area contributed by atoms with Gasteiger partial charge in [-0.05, 0) is 98.7 Å². The quantitative estimate of drug-likeness (QED) is 0.254. The number of hydrogen-bond acceptors (Lipinski definition) is 3. The average molecular weight is 475 g/mol. The van der Waals surface area contributed by atoms with E-state index in [0.717, 1.165) is 42.4 Å². The Hall–Kier alpha value is -0.613. The summed E-state index contributed by atoms with van der Waals surface area (Å²) in [6.07, 6.45) is 15.9. The van der Waals surface area contributed by atoms with Gasteiger partial charge in [-0.3, -0.25) is 4.79 Å². The van der Waals surface area contributed by atoms with Crippen molar-refractivity contribution in [3.8, 4) is 0 Å². The van der Waals surface area contributed by atoms with E-state index in [9.17, 15) is 9.90 Å². The van der Waals surface area contributed by atoms with Gasteiger partial charge in [0.15, 0.2) is 0 Å². The first-order valence-corrected chi connectivity index (χ1v) is 16.8. The molecule has 4 aliphatic rings. The number of rotatable bonds is 7. The van der Waals surface area contributed by atoms with Crippen molar-refractivity contribution >= 4 is 14.8 Å². The second-order valence-electron chi connectivity index (χ2n) is 13.5. The summed E-state index contributed by atoms with van der Waals surface area (Å²) in [6, 6.07) is 1.30. The molecule has 0 heterocycles. The van der Waals surface area contributed by atoms with Crippen molar-refractivity contribution < 1.29 is 14.6 Å². The largest absolute Gasteiger partial charge is 0.470 e. The number of aliphatic hydroxyl groups is 1. The number of allylic oxidation sites excluding steroid dienone is 1. The van der Waals surface area contributed by atoms with Gasteiger partial charge in [0.2, 0.25) is 0 Å². The van der Waals surface area contributed by atoms with Crippen LogP contribution in [0, 0.1) is 40.4 Å². The minimum atomic E-state index is -0.918. The molecule has 3 saturated carbocycles. The number of carbonyl (C=O) groups is 1. The van der Waals surface area contributed by atoms with E-state index in [4.69, 9.17) is 4.74 Å². The minimum Gasteiger partial charge on any atom is -0.470 e. The molecule has 33 heavy (non-hydrogen) atoms. The lowest BCUT2D eigenvalue weighted by molar-refractivity contribution is -0.139. The molecular formula is C29H50O3Si. The van der Waals surface area contributed by atoms with Crippen LogP contribution in [0.15, 0.2) is 11.6 Å². The molecule has 0 saturated heterocycles. The number of fused-ring (bicyclic) bond motifs is 5. The van der Waals surface area contributed by atoms with Crippen LogP contribution < -0.4 is 0 Å². The molecule has 3 fully saturated rings. The lowest BCUT2D eigenvalue weighted by atomic mass is 9.46. The summed E-state index contributed by atoms with van der Waals surface area (Å²) in [6.45, 7) is 13.6. The molecule has 1 N–H and O–H groups in total. The molecule has 3 nitrogen and oxygen atoms in total. The van der Waals surface area contributed by atoms with Crippen LogP contribution in [-0.4, -0.2) is 31.7 Å². The van der Waals surface area contributed by atoms with Gasteiger partial charge in [-0.15, -0.1) is 0 Å². The topological polar surface area (TPSA) is 46.5 Å². The highest BCUT2D eigenvalue weighted by atomic mass is 28.3. The molecule has 9 atom stereocenters. The molecule has 0 aromatic heterocycles. The number of hydrogen-bond donors (Lipinski definition) is 1. The molecule has 0 unspecified atom stereocenters. The van der Waals surface area contributed by atoms with Crippen molar-refractivity contribution in [2.24, 2.45) is 40.4 Å². The first kappa shape index (κ1) is 25.5. The van der Waals surface area contributed by atoms with Gasteiger partial charge < -0.3 is 9.84 Å². The Morgan fingerprint density at radius 2 is 1.94 bits per heavy atom. The second kappa shape index (κ2) is 9.45. The summed E-state index contributed by atoms with van der Waals surface area (Å²) in [5, 5.41) is 10.7. The fraction of sp³-hybridized carbons (Fsp3) is 0.897. The van der Waals surface area contributed by atoms with E-state index in [1.807, 2.05) is 6.92 Å². The van der Waals surface area contributed by atoms with E-state index in [1.165, 1.54) is 64.3 Å². The molecular weight excluding hydrogens is 424 g/mol. The summed E-state index contributed by atoms with van der Waals surface area (Å²) in [5.41, 5.74) is 1.94. The molecule has 0 aromatic carbocycles. The predicted octanol–water partition coefficient (Wildman–Crippen LogP) is 6.69. The van der Waals surface area contributed by atoms with Gasteiger partial charge in [-0.1, -0.05) is 57.9 Å². The highest BCUT2D eigenvalue weighted by molar-refractivity contribution is 6.57. The van der Waals surface area contributed by atoms with Crippen molar-refractivity contribution in [3.05, 3.63) is 11.6 Å². The molecule has 188 valence electrons. The van der Waals surface area contributed by atoms with Crippen molar-refractivity contribution in [1.82, 2.24) is 0 Å². The first-order valence-electron chi connectivity index (χ1n) is 14.0. The van der Waals surface area contributed by atoms with Crippen molar-refractivity contribution in [2.75, 3.05) is 6.23 Å². The smallest absolute Gasteiger partial charge is 0.302 e. The lowest BCUT2D eigenvalue weighted by Gasteiger charge is -2.59. The summed E-state index contributed by atoms with van der Waals surface area (Å²) in [4.78, 5) is 11.1. The maximum atomic E-state index is 11.1. The Morgan fingerprint density at radius 1 is 1.18 bits per heavy atom. The summed E-state index contributed by atoms with van der Waals surface area (Å²) in [7, 11) is -0.918. The highest BCUT2D eigenvalue weighted by Gasteiger charge is 2.59. The van der Waals surface area contributed by atoms with Crippen molar-refractivity contribution in [2.45, 2.75) is 117 Å². The van der Waals surface area contributed by atoms with Crippen LogP contribution >= 0.6 is 0 Å². The summed E-state index contributed by atoms with van der Waals surface area (Å²) < 4.78 is 5.26. The lowest BCUT2D eigenvalue weighted by Crippen LogP contribution is -2.52. The van der Waals surface area contributed by atoms with E-state index in [-0.39, 0.29) is 5.97 Å². The van der Waals surface area contributed by atoms with Gasteiger partial charge in [0.1, 0.15) is 0 Å². The monoisotopic (exact) mass is 474 g/mol. The standard InChI is InChI=1S/C29H50O3Si/c1-20(8-7-17-33(6)19-32-21(2)30)24-11-12-25-23-10-9-22-18-27(3,31)15-16-28(22,4)26(23)13-14-29(24,25)5/h9,20,23-26,31,33H,7-8,10-19H2,1-6H3/t20-,23+,24-,25+,26+,27+,28+,29-,33+/m1/s1. The van der Waals surface area contributed by atoms with Crippen molar-refractivity contribution in [1.29, 1.82) is 0 Å². The third-order valence-electron chi connectivity index (χ3n) is 11.1. The zero-order valence-electron chi connectivity index (χ0n) is 22.3. The Kier molecular flexibility index (Phi) is 7.29. The molecule has 0 bridgehead atoms. The highest BCUT2D eigenvalue weighted by Crippen LogP contribution is 2.67. The molecule has 0 radical (unpaired) electrons. The van der Waals surface area contributed by atoms with Crippen molar-refractivity contribution in [3.63, 3.8) is 0 Å². The van der Waals surface area contributed by atoms with E-state index < -0.39 is 14.4 Å². The van der Waals surface area contributed by atoms with E-state index in [0.29, 0.717) is 17.1 Å². The molecule has 0 aliphatic heterocycles. The first-order chi connectivity index (χ1) is 15.5. The Bertz CT molecular complexity index is 760. The average Bonchev–Trinajstić information content (AvgIpc) is 3.10. The SMILES string of the molecule is CC(=O)OC[Si@@H](C)CCC[C@@H](C)[C@H]1CC[C@H]2[C@@H]3CC=C4C[C@@](C)(O)CC[C@]4(C)[C@H]3CC[C@]12C. The van der Waals surface area contributed by atoms with Crippen LogP contribution in [0.25, 0.3) is 0 Å². The predicted molar refractivity (Wildman–Crippen MR) is 139 cm³/mol. The van der Waals surface area contributed by atoms with Gasteiger partial charge in [0.05, 0.1) is 20.6 Å². The Labute approximate surface area is 204 Å². The number of carbonyl (C=O) groups excluding carboxylic acids is 1. The Morgan fingerprint density at radius 3 is 2.67 bits per heavy atom. The normalized spacial score (nSPS) is 44.2. The van der Waals surface area contributed by atoms with Crippen LogP contribution in [0.4, 0.5) is 0 Å². The maximum Gasteiger partial charge on any atom is 0.302 e. The van der Waals surface area contributed by atoms with Crippen LogP contribution in [-0.2, 0) is 9.53 Å². The minimum absolute atomic E-state index is 0.125. The van der Waals surface area contributed by atoms with Crippen LogP contribution in [0.5, 0.6) is 0 Å². The fourth-order valence-corrected chi connectivity index (χ4v) is 10.7. The zero-order valence-corrected chi connectivity index (χ0v) is 23.4. The van der Waals surface area contributed by atoms with E-state index >= 15 is 0 Å². The number of esters is 1. The molecule has 0 amide bonds. The zero-order chi connectivity index (χ0) is 24.0. The maximum absolute atomic E-state index is 11.1. The third kappa shape index (κ3) is 4.90. The van der Waals surface area contributed by atoms with Gasteiger partial charge in [-0.25, -0.2) is 0 Å². The number of ether oxygens (including phenoxy) is 1. The van der Waals surface area contributed by atoms with Gasteiger partial charge in [0.25, 0.3) is 0 Å². The second-order valence-corrected chi connectivity index (χ2v) is 16.6. The van der Waals surface area contributed by atoms with E-state index in [1.54, 1.807) is 5.57 Å². The summed E-state index contributed by atoms with van der Waals surface area (Å²) in [5.74, 6) is 4.13. The molecule has 4 aliphatic carbocycles. The van der Waals surface area contributed by atoms with Gasteiger partial charge >= 0.3 is 5.97 Å². The van der Waals surface area contributed by atoms with E-state index in [2.05, 4.69) is 33.4 Å². The summed E-state index contributed by atoms with van der Waals surface area (Å²) >= 11 is 0. The van der Waals surface area contributed by atoms with Crippen LogP contribution in [0.2, 0.25) is 12.6 Å². The Balaban J connectivity index is 1.38. The van der Waals surface area contributed by atoms with Crippen LogP contribution in [0.3, 0.4) is 0 Å².